The Morgan fingerprint density at radius 2 is 2.18 bits per heavy atom. The summed E-state index contributed by atoms with van der Waals surface area (Å²) < 4.78 is 0. The average molecular weight is 234 g/mol. The molecule has 0 aromatic heterocycles. The van der Waals surface area contributed by atoms with E-state index in [2.05, 4.69) is 10.6 Å². The molecular weight excluding hydrogens is 220 g/mol. The molecule has 0 saturated heterocycles. The van der Waals surface area contributed by atoms with Crippen molar-refractivity contribution in [3.05, 3.63) is 23.0 Å². The van der Waals surface area contributed by atoms with Crippen molar-refractivity contribution in [2.45, 2.75) is 32.6 Å². The molecule has 0 fully saturated rings. The second-order valence-corrected chi connectivity index (χ2v) is 4.08. The molecule has 0 spiro atoms. The largest absolute Gasteiger partial charge is 0.323 e. The lowest BCUT2D eigenvalue weighted by atomic mass is 9.92. The third-order valence-corrected chi connectivity index (χ3v) is 2.89. The third-order valence-electron chi connectivity index (χ3n) is 2.89. The van der Waals surface area contributed by atoms with Crippen LogP contribution in [0.25, 0.3) is 0 Å². The third kappa shape index (κ3) is 2.27. The Bertz CT molecular complexity index is 460. The Hall–Kier alpha value is -1.91. The van der Waals surface area contributed by atoms with Crippen LogP contribution in [0.4, 0.5) is 0 Å². The molecule has 2 rings (SSSR count). The smallest absolute Gasteiger partial charge is 0.225 e. The van der Waals surface area contributed by atoms with E-state index < -0.39 is 0 Å². The van der Waals surface area contributed by atoms with E-state index in [1.807, 2.05) is 0 Å². The van der Waals surface area contributed by atoms with E-state index in [0.717, 1.165) is 5.57 Å². The lowest BCUT2D eigenvalue weighted by Crippen LogP contribution is -2.38. The van der Waals surface area contributed by atoms with E-state index in [0.29, 0.717) is 31.4 Å². The Morgan fingerprint density at radius 1 is 1.41 bits per heavy atom. The van der Waals surface area contributed by atoms with E-state index >= 15 is 0 Å². The molecule has 90 valence electrons. The molecule has 0 unspecified atom stereocenters. The average Bonchev–Trinajstić information content (AvgIpc) is 2.33. The molecule has 17 heavy (non-hydrogen) atoms. The number of carbonyl (C=O) groups excluding carboxylic acids is 3. The van der Waals surface area contributed by atoms with Crippen LogP contribution in [0, 0.1) is 0 Å². The van der Waals surface area contributed by atoms with Crippen LogP contribution in [0.1, 0.15) is 32.6 Å². The van der Waals surface area contributed by atoms with Gasteiger partial charge >= 0.3 is 0 Å². The predicted molar refractivity (Wildman–Crippen MR) is 60.5 cm³/mol. The van der Waals surface area contributed by atoms with Gasteiger partial charge in [0, 0.05) is 12.8 Å². The molecule has 0 aromatic rings. The summed E-state index contributed by atoms with van der Waals surface area (Å²) in [6.07, 6.45) is 3.70. The Labute approximate surface area is 98.9 Å². The highest BCUT2D eigenvalue weighted by atomic mass is 16.2. The van der Waals surface area contributed by atoms with Crippen LogP contribution in [0.5, 0.6) is 0 Å². The minimum Gasteiger partial charge on any atom is -0.323 e. The molecule has 0 bridgehead atoms. The van der Waals surface area contributed by atoms with Gasteiger partial charge in [-0.05, 0) is 18.4 Å². The van der Waals surface area contributed by atoms with Crippen molar-refractivity contribution in [3.8, 4) is 0 Å². The summed E-state index contributed by atoms with van der Waals surface area (Å²) in [7, 11) is 0. The summed E-state index contributed by atoms with van der Waals surface area (Å²) in [4.78, 5) is 34.5. The summed E-state index contributed by atoms with van der Waals surface area (Å²) in [5.41, 5.74) is 1.58. The fraction of sp³-hybridized carbons (Fsp3) is 0.417. The van der Waals surface area contributed by atoms with E-state index in [1.54, 1.807) is 13.0 Å². The molecule has 0 radical (unpaired) electrons. The SMILES string of the molecule is CCC(=O)NC1=CCC2=C(NC(=O)CC2)C1=O. The van der Waals surface area contributed by atoms with E-state index in [-0.39, 0.29) is 23.3 Å². The quantitative estimate of drug-likeness (QED) is 0.732. The van der Waals surface area contributed by atoms with E-state index in [4.69, 9.17) is 0 Å². The second kappa shape index (κ2) is 4.53. The van der Waals surface area contributed by atoms with Crippen molar-refractivity contribution in [2.75, 3.05) is 0 Å². The van der Waals surface area contributed by atoms with Gasteiger partial charge in [-0.25, -0.2) is 0 Å². The highest BCUT2D eigenvalue weighted by Gasteiger charge is 2.28. The first-order valence-corrected chi connectivity index (χ1v) is 5.68. The van der Waals surface area contributed by atoms with Crippen molar-refractivity contribution in [2.24, 2.45) is 0 Å². The van der Waals surface area contributed by atoms with Gasteiger partial charge < -0.3 is 10.6 Å². The van der Waals surface area contributed by atoms with Gasteiger partial charge in [0.15, 0.2) is 0 Å². The first-order valence-electron chi connectivity index (χ1n) is 5.68. The summed E-state index contributed by atoms with van der Waals surface area (Å²) in [5, 5.41) is 5.14. The summed E-state index contributed by atoms with van der Waals surface area (Å²) in [6, 6.07) is 0. The molecule has 0 aromatic carbocycles. The van der Waals surface area contributed by atoms with Gasteiger partial charge in [0.2, 0.25) is 17.6 Å². The second-order valence-electron chi connectivity index (χ2n) is 4.08. The number of allylic oxidation sites excluding steroid dienone is 2. The van der Waals surface area contributed by atoms with Gasteiger partial charge in [-0.3, -0.25) is 14.4 Å². The molecule has 5 nitrogen and oxygen atoms in total. The standard InChI is InChI=1S/C12H14N2O3/c1-2-9(15)13-8-5-3-7-4-6-10(16)14-11(7)12(8)17/h5H,2-4,6H2,1H3,(H,13,15)(H,14,16). The van der Waals surface area contributed by atoms with Crippen LogP contribution in [-0.4, -0.2) is 17.6 Å². The molecule has 1 aliphatic carbocycles. The van der Waals surface area contributed by atoms with Crippen LogP contribution < -0.4 is 10.6 Å². The van der Waals surface area contributed by atoms with Crippen LogP contribution in [0.3, 0.4) is 0 Å². The van der Waals surface area contributed by atoms with Gasteiger partial charge in [-0.2, -0.15) is 0 Å². The lowest BCUT2D eigenvalue weighted by Gasteiger charge is -2.24. The Balaban J connectivity index is 2.16. The maximum Gasteiger partial charge on any atom is 0.225 e. The Morgan fingerprint density at radius 3 is 2.88 bits per heavy atom. The number of hydrogen-bond donors (Lipinski definition) is 2. The number of amides is 2. The van der Waals surface area contributed by atoms with Gasteiger partial charge in [-0.15, -0.1) is 0 Å². The fourth-order valence-corrected chi connectivity index (χ4v) is 1.90. The normalized spacial score (nSPS) is 19.5. The number of ketones is 1. The highest BCUT2D eigenvalue weighted by Crippen LogP contribution is 2.25. The van der Waals surface area contributed by atoms with Gasteiger partial charge in [0.05, 0.1) is 11.4 Å². The minimum absolute atomic E-state index is 0.139. The van der Waals surface area contributed by atoms with E-state index in [9.17, 15) is 14.4 Å². The van der Waals surface area contributed by atoms with Gasteiger partial charge in [0.1, 0.15) is 0 Å². The monoisotopic (exact) mass is 234 g/mol. The topological polar surface area (TPSA) is 75.3 Å². The van der Waals surface area contributed by atoms with Crippen molar-refractivity contribution < 1.29 is 14.4 Å². The zero-order chi connectivity index (χ0) is 12.4. The highest BCUT2D eigenvalue weighted by molar-refractivity contribution is 6.13. The van der Waals surface area contributed by atoms with Crippen LogP contribution in [0.15, 0.2) is 23.0 Å². The fourth-order valence-electron chi connectivity index (χ4n) is 1.90. The Kier molecular flexibility index (Phi) is 3.08. The van der Waals surface area contributed by atoms with Crippen molar-refractivity contribution >= 4 is 17.6 Å². The number of Topliss-reactive ketones (excluding diaryl/α,β-unsaturated/α-hetero) is 1. The zero-order valence-electron chi connectivity index (χ0n) is 9.63. The summed E-state index contributed by atoms with van der Waals surface area (Å²) >= 11 is 0. The molecule has 1 heterocycles. The first-order chi connectivity index (χ1) is 8.11. The summed E-state index contributed by atoms with van der Waals surface area (Å²) in [5.74, 6) is -0.628. The number of rotatable bonds is 2. The molecule has 1 aliphatic heterocycles. The summed E-state index contributed by atoms with van der Waals surface area (Å²) in [6.45, 7) is 1.72. The minimum atomic E-state index is -0.291. The van der Waals surface area contributed by atoms with Crippen molar-refractivity contribution in [1.29, 1.82) is 0 Å². The molecule has 2 amide bonds. The molecular formula is C12H14N2O3. The molecule has 2 aliphatic rings. The number of nitrogens with one attached hydrogen (secondary N) is 2. The number of carbonyl (C=O) groups is 3. The maximum absolute atomic E-state index is 12.0. The van der Waals surface area contributed by atoms with Crippen molar-refractivity contribution in [3.63, 3.8) is 0 Å². The van der Waals surface area contributed by atoms with Gasteiger partial charge in [-0.1, -0.05) is 13.0 Å². The maximum atomic E-state index is 12.0. The zero-order valence-corrected chi connectivity index (χ0v) is 9.63. The first kappa shape index (κ1) is 11.6. The molecule has 5 heteroatoms. The number of hydrogen-bond acceptors (Lipinski definition) is 3. The van der Waals surface area contributed by atoms with Gasteiger partial charge in [0.25, 0.3) is 0 Å². The molecule has 0 saturated carbocycles. The van der Waals surface area contributed by atoms with E-state index in [1.165, 1.54) is 0 Å². The van der Waals surface area contributed by atoms with Crippen molar-refractivity contribution in [1.82, 2.24) is 10.6 Å². The molecule has 2 N–H and O–H groups in total. The van der Waals surface area contributed by atoms with Crippen LogP contribution >= 0.6 is 0 Å². The lowest BCUT2D eigenvalue weighted by molar-refractivity contribution is -0.123. The van der Waals surface area contributed by atoms with Crippen LogP contribution in [-0.2, 0) is 14.4 Å². The molecule has 0 atom stereocenters. The van der Waals surface area contributed by atoms with Crippen LogP contribution in [0.2, 0.25) is 0 Å². The predicted octanol–water partition coefficient (Wildman–Crippen LogP) is 0.533.